The lowest BCUT2D eigenvalue weighted by molar-refractivity contribution is -0.112. The maximum atomic E-state index is 12.2. The number of amides is 1. The van der Waals surface area contributed by atoms with Crippen molar-refractivity contribution in [2.24, 2.45) is 0 Å². The zero-order valence-electron chi connectivity index (χ0n) is 11.5. The molecule has 23 heavy (non-hydrogen) atoms. The van der Waals surface area contributed by atoms with Gasteiger partial charge in [-0.1, -0.05) is 0 Å². The highest BCUT2D eigenvalue weighted by Gasteiger charge is 2.11. The SMILES string of the molecule is N#C/C(=C\c1cc(I)c(O)c(I)c1)C(=O)Nc1ccc(O)cc1. The molecule has 0 saturated carbocycles. The lowest BCUT2D eigenvalue weighted by Gasteiger charge is -2.06. The highest BCUT2D eigenvalue weighted by Crippen LogP contribution is 2.28. The summed E-state index contributed by atoms with van der Waals surface area (Å²) in [6, 6.07) is 11.2. The fourth-order valence-electron chi connectivity index (χ4n) is 1.73. The summed E-state index contributed by atoms with van der Waals surface area (Å²) in [5.74, 6) is -0.279. The van der Waals surface area contributed by atoms with E-state index < -0.39 is 5.91 Å². The van der Waals surface area contributed by atoms with Crippen LogP contribution in [0.5, 0.6) is 11.5 Å². The Balaban J connectivity index is 2.26. The maximum absolute atomic E-state index is 12.2. The van der Waals surface area contributed by atoms with E-state index in [2.05, 4.69) is 5.32 Å². The number of benzene rings is 2. The van der Waals surface area contributed by atoms with E-state index in [0.717, 1.165) is 0 Å². The smallest absolute Gasteiger partial charge is 0.266 e. The molecule has 0 heterocycles. The fourth-order valence-corrected chi connectivity index (χ4v) is 3.54. The Bertz CT molecular complexity index is 801. The quantitative estimate of drug-likeness (QED) is 0.243. The number of nitriles is 1. The van der Waals surface area contributed by atoms with Gasteiger partial charge in [0.25, 0.3) is 5.91 Å². The summed E-state index contributed by atoms with van der Waals surface area (Å²) in [5.41, 5.74) is 1.06. The molecule has 0 saturated heterocycles. The van der Waals surface area contributed by atoms with Crippen molar-refractivity contribution in [2.75, 3.05) is 5.32 Å². The van der Waals surface area contributed by atoms with E-state index in [4.69, 9.17) is 0 Å². The molecule has 0 fully saturated rings. The van der Waals surface area contributed by atoms with Crippen LogP contribution in [0, 0.1) is 18.5 Å². The van der Waals surface area contributed by atoms with Crippen molar-refractivity contribution in [1.29, 1.82) is 5.26 Å². The van der Waals surface area contributed by atoms with E-state index >= 15 is 0 Å². The standard InChI is InChI=1S/C16H10I2N2O3/c17-13-6-9(7-14(18)15(13)22)5-10(8-19)16(23)20-11-1-3-12(21)4-2-11/h1-7,21-22H,(H,20,23)/b10-5+. The van der Waals surface area contributed by atoms with Crippen LogP contribution in [0.25, 0.3) is 6.08 Å². The minimum Gasteiger partial charge on any atom is -0.508 e. The van der Waals surface area contributed by atoms with Crippen molar-refractivity contribution in [2.45, 2.75) is 0 Å². The molecule has 0 bridgehead atoms. The molecule has 0 aliphatic heterocycles. The van der Waals surface area contributed by atoms with Gasteiger partial charge in [-0.3, -0.25) is 4.79 Å². The lowest BCUT2D eigenvalue weighted by atomic mass is 10.1. The molecule has 0 radical (unpaired) electrons. The van der Waals surface area contributed by atoms with Crippen LogP contribution in [0.4, 0.5) is 5.69 Å². The molecule has 2 aromatic rings. The van der Waals surface area contributed by atoms with Crippen LogP contribution in [-0.4, -0.2) is 16.1 Å². The average molecular weight is 532 g/mol. The summed E-state index contributed by atoms with van der Waals surface area (Å²) in [6.45, 7) is 0. The molecule has 2 aromatic carbocycles. The second-order valence-corrected chi connectivity index (χ2v) is 6.83. The number of nitrogens with zero attached hydrogens (tertiary/aromatic N) is 1. The Morgan fingerprint density at radius 2 is 1.70 bits per heavy atom. The summed E-state index contributed by atoms with van der Waals surface area (Å²) >= 11 is 3.96. The first-order valence-corrected chi connectivity index (χ1v) is 8.46. The molecular formula is C16H10I2N2O3. The largest absolute Gasteiger partial charge is 0.508 e. The molecule has 7 heteroatoms. The van der Waals surface area contributed by atoms with Crippen LogP contribution >= 0.6 is 45.2 Å². The average Bonchev–Trinajstić information content (AvgIpc) is 2.52. The number of aromatic hydroxyl groups is 2. The highest BCUT2D eigenvalue weighted by molar-refractivity contribution is 14.1. The van der Waals surface area contributed by atoms with Crippen molar-refractivity contribution in [3.8, 4) is 17.6 Å². The molecule has 0 spiro atoms. The zero-order chi connectivity index (χ0) is 17.0. The number of anilines is 1. The third-order valence-corrected chi connectivity index (χ3v) is 4.49. The van der Waals surface area contributed by atoms with Crippen LogP contribution in [-0.2, 0) is 4.79 Å². The number of carbonyl (C=O) groups excluding carboxylic acids is 1. The van der Waals surface area contributed by atoms with Crippen LogP contribution in [0.15, 0.2) is 42.0 Å². The summed E-state index contributed by atoms with van der Waals surface area (Å²) in [4.78, 5) is 12.2. The Morgan fingerprint density at radius 3 is 2.22 bits per heavy atom. The molecular weight excluding hydrogens is 522 g/mol. The van der Waals surface area contributed by atoms with Crippen molar-refractivity contribution >= 4 is 62.9 Å². The summed E-state index contributed by atoms with van der Waals surface area (Å²) < 4.78 is 1.27. The Hall–Kier alpha value is -1.80. The van der Waals surface area contributed by atoms with Crippen LogP contribution < -0.4 is 5.32 Å². The van der Waals surface area contributed by atoms with Gasteiger partial charge in [0, 0.05) is 5.69 Å². The Labute approximate surface area is 159 Å². The summed E-state index contributed by atoms with van der Waals surface area (Å²) in [5, 5.41) is 30.8. The summed E-state index contributed by atoms with van der Waals surface area (Å²) in [7, 11) is 0. The first-order valence-electron chi connectivity index (χ1n) is 6.31. The molecule has 0 aromatic heterocycles. The predicted molar refractivity (Wildman–Crippen MR) is 104 cm³/mol. The van der Waals surface area contributed by atoms with E-state index in [1.807, 2.05) is 51.3 Å². The zero-order valence-corrected chi connectivity index (χ0v) is 15.9. The van der Waals surface area contributed by atoms with Gasteiger partial charge < -0.3 is 15.5 Å². The maximum Gasteiger partial charge on any atom is 0.266 e. The normalized spacial score (nSPS) is 10.9. The minimum atomic E-state index is -0.545. The van der Waals surface area contributed by atoms with Crippen molar-refractivity contribution < 1.29 is 15.0 Å². The number of hydrogen-bond acceptors (Lipinski definition) is 4. The number of phenols is 2. The molecule has 0 aliphatic carbocycles. The molecule has 116 valence electrons. The highest BCUT2D eigenvalue weighted by atomic mass is 127. The number of rotatable bonds is 3. The molecule has 3 N–H and O–H groups in total. The van der Waals surface area contributed by atoms with Gasteiger partial charge in [-0.2, -0.15) is 5.26 Å². The Kier molecular flexibility index (Phi) is 5.84. The van der Waals surface area contributed by atoms with Crippen molar-refractivity contribution in [1.82, 2.24) is 0 Å². The summed E-state index contributed by atoms with van der Waals surface area (Å²) in [6.07, 6.45) is 1.46. The predicted octanol–water partition coefficient (Wildman–Crippen LogP) is 3.85. The number of hydrogen-bond donors (Lipinski definition) is 3. The van der Waals surface area contributed by atoms with Crippen molar-refractivity contribution in [3.05, 3.63) is 54.7 Å². The second kappa shape index (κ2) is 7.65. The molecule has 0 unspecified atom stereocenters. The van der Waals surface area contributed by atoms with Gasteiger partial charge in [0.1, 0.15) is 23.1 Å². The van der Waals surface area contributed by atoms with Crippen LogP contribution in [0.1, 0.15) is 5.56 Å². The number of nitrogens with one attached hydrogen (secondary N) is 1. The molecule has 1 amide bonds. The van der Waals surface area contributed by atoms with Gasteiger partial charge in [0.15, 0.2) is 0 Å². The van der Waals surface area contributed by atoms with Gasteiger partial charge in [-0.25, -0.2) is 0 Å². The molecule has 2 rings (SSSR count). The molecule has 0 atom stereocenters. The first-order chi connectivity index (χ1) is 10.9. The second-order valence-electron chi connectivity index (χ2n) is 4.50. The van der Waals surface area contributed by atoms with Gasteiger partial charge >= 0.3 is 0 Å². The van der Waals surface area contributed by atoms with E-state index in [1.54, 1.807) is 12.1 Å². The fraction of sp³-hybridized carbons (Fsp3) is 0. The van der Waals surface area contributed by atoms with E-state index in [0.29, 0.717) is 18.4 Å². The third-order valence-electron chi connectivity index (χ3n) is 2.84. The monoisotopic (exact) mass is 532 g/mol. The van der Waals surface area contributed by atoms with Gasteiger partial charge in [0.05, 0.1) is 7.14 Å². The first kappa shape index (κ1) is 17.6. The molecule has 5 nitrogen and oxygen atoms in total. The van der Waals surface area contributed by atoms with Gasteiger partial charge in [-0.15, -0.1) is 0 Å². The van der Waals surface area contributed by atoms with Crippen LogP contribution in [0.3, 0.4) is 0 Å². The van der Waals surface area contributed by atoms with E-state index in [-0.39, 0.29) is 17.1 Å². The van der Waals surface area contributed by atoms with Gasteiger partial charge in [0.2, 0.25) is 0 Å². The minimum absolute atomic E-state index is 0.0598. The van der Waals surface area contributed by atoms with E-state index in [1.165, 1.54) is 30.3 Å². The molecule has 0 aliphatic rings. The Morgan fingerprint density at radius 1 is 1.13 bits per heavy atom. The topological polar surface area (TPSA) is 93.3 Å². The van der Waals surface area contributed by atoms with Crippen molar-refractivity contribution in [3.63, 3.8) is 0 Å². The number of carbonyl (C=O) groups is 1. The van der Waals surface area contributed by atoms with E-state index in [9.17, 15) is 20.3 Å². The number of halogens is 2. The van der Waals surface area contributed by atoms with Gasteiger partial charge in [-0.05, 0) is 93.2 Å². The van der Waals surface area contributed by atoms with Crippen LogP contribution in [0.2, 0.25) is 0 Å². The lowest BCUT2D eigenvalue weighted by Crippen LogP contribution is -2.13. The third kappa shape index (κ3) is 4.59. The number of phenolic OH excluding ortho intramolecular Hbond substituents is 2.